The van der Waals surface area contributed by atoms with Crippen LogP contribution in [-0.2, 0) is 5.41 Å². The second-order valence-corrected chi connectivity index (χ2v) is 5.30. The van der Waals surface area contributed by atoms with Crippen LogP contribution in [-0.4, -0.2) is 11.7 Å². The monoisotopic (exact) mass is 228 g/mol. The Balaban J connectivity index is 2.55. The van der Waals surface area contributed by atoms with Crippen LogP contribution in [0.3, 0.4) is 0 Å². The summed E-state index contributed by atoms with van der Waals surface area (Å²) in [6, 6.07) is 4.65. The first-order valence-corrected chi connectivity index (χ1v) is 5.38. The molecule has 0 bridgehead atoms. The van der Waals surface area contributed by atoms with Crippen LogP contribution in [0.15, 0.2) is 18.2 Å². The SMILES string of the molecule is CC1(C)CC1(CO)c1c(F)cccc1Cl. The highest BCUT2D eigenvalue weighted by molar-refractivity contribution is 6.31. The summed E-state index contributed by atoms with van der Waals surface area (Å²) in [5.41, 5.74) is -0.0950. The van der Waals surface area contributed by atoms with E-state index in [-0.39, 0.29) is 17.8 Å². The molecule has 0 saturated heterocycles. The quantitative estimate of drug-likeness (QED) is 0.825. The number of halogens is 2. The van der Waals surface area contributed by atoms with Gasteiger partial charge in [0.15, 0.2) is 0 Å². The van der Waals surface area contributed by atoms with Gasteiger partial charge in [0.05, 0.1) is 6.61 Å². The van der Waals surface area contributed by atoms with Gasteiger partial charge in [-0.3, -0.25) is 0 Å². The first kappa shape index (κ1) is 10.9. The van der Waals surface area contributed by atoms with Crippen molar-refractivity contribution in [3.63, 3.8) is 0 Å². The van der Waals surface area contributed by atoms with E-state index in [4.69, 9.17) is 11.6 Å². The van der Waals surface area contributed by atoms with Gasteiger partial charge in [-0.25, -0.2) is 4.39 Å². The third-order valence-corrected chi connectivity index (χ3v) is 3.94. The lowest BCUT2D eigenvalue weighted by molar-refractivity contribution is 0.228. The van der Waals surface area contributed by atoms with Crippen molar-refractivity contribution in [3.05, 3.63) is 34.6 Å². The highest BCUT2D eigenvalue weighted by Gasteiger charge is 2.63. The molecule has 1 unspecified atom stereocenters. The predicted octanol–water partition coefficient (Wildman–Crippen LogP) is 3.14. The van der Waals surface area contributed by atoms with Crippen LogP contribution in [0.5, 0.6) is 0 Å². The molecule has 1 fully saturated rings. The summed E-state index contributed by atoms with van der Waals surface area (Å²) in [5.74, 6) is -0.317. The highest BCUT2D eigenvalue weighted by atomic mass is 35.5. The number of aliphatic hydroxyl groups is 1. The number of aliphatic hydroxyl groups excluding tert-OH is 1. The van der Waals surface area contributed by atoms with Crippen LogP contribution in [0.25, 0.3) is 0 Å². The summed E-state index contributed by atoms with van der Waals surface area (Å²) in [4.78, 5) is 0. The van der Waals surface area contributed by atoms with Crippen LogP contribution in [0.1, 0.15) is 25.8 Å². The Morgan fingerprint density at radius 3 is 2.47 bits per heavy atom. The standard InChI is InChI=1S/C12H14ClFO/c1-11(2)6-12(11,7-15)10-8(13)4-3-5-9(10)14/h3-5,15H,6-7H2,1-2H3. The summed E-state index contributed by atoms with van der Waals surface area (Å²) in [6.45, 7) is 3.98. The van der Waals surface area contributed by atoms with Crippen molar-refractivity contribution in [2.24, 2.45) is 5.41 Å². The number of hydrogen-bond acceptors (Lipinski definition) is 1. The van der Waals surface area contributed by atoms with E-state index in [0.717, 1.165) is 6.42 Å². The maximum atomic E-state index is 13.7. The van der Waals surface area contributed by atoms with Crippen LogP contribution in [0.4, 0.5) is 4.39 Å². The van der Waals surface area contributed by atoms with E-state index in [1.807, 2.05) is 13.8 Å². The van der Waals surface area contributed by atoms with Gasteiger partial charge in [-0.05, 0) is 24.0 Å². The summed E-state index contributed by atoms with van der Waals surface area (Å²) in [6.07, 6.45) is 0.775. The number of benzene rings is 1. The Hall–Kier alpha value is -0.600. The van der Waals surface area contributed by atoms with E-state index >= 15 is 0 Å². The minimum absolute atomic E-state index is 0.0549. The van der Waals surface area contributed by atoms with Crippen molar-refractivity contribution >= 4 is 11.6 Å². The molecule has 1 aromatic rings. The first-order valence-electron chi connectivity index (χ1n) is 5.00. The Kier molecular flexibility index (Phi) is 2.32. The fourth-order valence-electron chi connectivity index (χ4n) is 2.44. The molecule has 1 aliphatic carbocycles. The van der Waals surface area contributed by atoms with E-state index in [1.165, 1.54) is 6.07 Å². The second kappa shape index (κ2) is 3.19. The van der Waals surface area contributed by atoms with Crippen LogP contribution in [0, 0.1) is 11.2 Å². The van der Waals surface area contributed by atoms with Crippen molar-refractivity contribution in [1.82, 2.24) is 0 Å². The van der Waals surface area contributed by atoms with Gasteiger partial charge < -0.3 is 5.11 Å². The molecule has 82 valence electrons. The van der Waals surface area contributed by atoms with Gasteiger partial charge in [0.2, 0.25) is 0 Å². The molecule has 1 aromatic carbocycles. The van der Waals surface area contributed by atoms with Crippen molar-refractivity contribution in [2.75, 3.05) is 6.61 Å². The Labute approximate surface area is 93.9 Å². The van der Waals surface area contributed by atoms with E-state index in [2.05, 4.69) is 0 Å². The maximum absolute atomic E-state index is 13.7. The average molecular weight is 229 g/mol. The van der Waals surface area contributed by atoms with E-state index < -0.39 is 5.41 Å². The van der Waals surface area contributed by atoms with E-state index in [1.54, 1.807) is 12.1 Å². The lowest BCUT2D eigenvalue weighted by Crippen LogP contribution is -2.21. The summed E-state index contributed by atoms with van der Waals surface area (Å²) in [7, 11) is 0. The fraction of sp³-hybridized carbons (Fsp3) is 0.500. The Morgan fingerprint density at radius 1 is 1.47 bits per heavy atom. The van der Waals surface area contributed by atoms with E-state index in [9.17, 15) is 9.50 Å². The molecule has 0 aromatic heterocycles. The smallest absolute Gasteiger partial charge is 0.128 e. The van der Waals surface area contributed by atoms with Gasteiger partial charge in [-0.2, -0.15) is 0 Å². The van der Waals surface area contributed by atoms with Crippen molar-refractivity contribution in [2.45, 2.75) is 25.7 Å². The third kappa shape index (κ3) is 1.39. The molecule has 0 radical (unpaired) electrons. The normalized spacial score (nSPS) is 27.8. The summed E-state index contributed by atoms with van der Waals surface area (Å²) >= 11 is 6.01. The van der Waals surface area contributed by atoms with Crippen LogP contribution in [0.2, 0.25) is 5.02 Å². The molecule has 0 spiro atoms. The van der Waals surface area contributed by atoms with Gasteiger partial charge in [0.25, 0.3) is 0 Å². The predicted molar refractivity (Wildman–Crippen MR) is 58.6 cm³/mol. The van der Waals surface area contributed by atoms with Gasteiger partial charge in [-0.15, -0.1) is 0 Å². The van der Waals surface area contributed by atoms with Crippen molar-refractivity contribution in [1.29, 1.82) is 0 Å². The zero-order valence-electron chi connectivity index (χ0n) is 8.85. The molecule has 15 heavy (non-hydrogen) atoms. The molecule has 1 atom stereocenters. The molecule has 1 aliphatic rings. The summed E-state index contributed by atoms with van der Waals surface area (Å²) < 4.78 is 13.7. The first-order chi connectivity index (χ1) is 6.94. The zero-order valence-corrected chi connectivity index (χ0v) is 9.61. The molecule has 0 heterocycles. The number of hydrogen-bond donors (Lipinski definition) is 1. The lowest BCUT2D eigenvalue weighted by atomic mass is 9.88. The Morgan fingerprint density at radius 2 is 2.07 bits per heavy atom. The molecule has 1 saturated carbocycles. The molecular weight excluding hydrogens is 215 g/mol. The van der Waals surface area contributed by atoms with Crippen LogP contribution < -0.4 is 0 Å². The van der Waals surface area contributed by atoms with Gasteiger partial charge in [0.1, 0.15) is 5.82 Å². The molecule has 2 rings (SSSR count). The zero-order chi connectivity index (χ0) is 11.3. The molecular formula is C12H14ClFO. The molecule has 0 amide bonds. The average Bonchev–Trinajstić information content (AvgIpc) is 2.69. The van der Waals surface area contributed by atoms with Crippen molar-refractivity contribution in [3.8, 4) is 0 Å². The van der Waals surface area contributed by atoms with E-state index in [0.29, 0.717) is 10.6 Å². The van der Waals surface area contributed by atoms with Crippen LogP contribution >= 0.6 is 11.6 Å². The second-order valence-electron chi connectivity index (χ2n) is 4.90. The third-order valence-electron chi connectivity index (χ3n) is 3.63. The number of rotatable bonds is 2. The van der Waals surface area contributed by atoms with Gasteiger partial charge >= 0.3 is 0 Å². The highest BCUT2D eigenvalue weighted by Crippen LogP contribution is 2.65. The molecule has 1 nitrogen and oxygen atoms in total. The molecule has 3 heteroatoms. The van der Waals surface area contributed by atoms with Gasteiger partial charge in [0, 0.05) is 16.0 Å². The topological polar surface area (TPSA) is 20.2 Å². The fourth-order valence-corrected chi connectivity index (χ4v) is 2.78. The Bertz CT molecular complexity index is 382. The van der Waals surface area contributed by atoms with Gasteiger partial charge in [-0.1, -0.05) is 31.5 Å². The molecule has 0 aliphatic heterocycles. The maximum Gasteiger partial charge on any atom is 0.128 e. The molecule has 1 N–H and O–H groups in total. The minimum Gasteiger partial charge on any atom is -0.395 e. The lowest BCUT2D eigenvalue weighted by Gasteiger charge is -2.20. The summed E-state index contributed by atoms with van der Waals surface area (Å²) in [5, 5.41) is 9.88. The van der Waals surface area contributed by atoms with Crippen molar-refractivity contribution < 1.29 is 9.50 Å². The minimum atomic E-state index is -0.491. The largest absolute Gasteiger partial charge is 0.395 e.